The lowest BCUT2D eigenvalue weighted by Crippen LogP contribution is -2.09. The van der Waals surface area contributed by atoms with Crippen LogP contribution >= 0.6 is 22.6 Å². The number of nitrogens with two attached hydrogens (primary N) is 1. The van der Waals surface area contributed by atoms with E-state index in [1.54, 1.807) is 12.1 Å². The van der Waals surface area contributed by atoms with Crippen molar-refractivity contribution in [2.45, 2.75) is 6.18 Å². The lowest BCUT2D eigenvalue weighted by atomic mass is 10.1. The topological polar surface area (TPSA) is 38.0 Å². The molecule has 19 heavy (non-hydrogen) atoms. The molecule has 0 radical (unpaired) electrons. The van der Waals surface area contributed by atoms with Gasteiger partial charge in [-0.25, -0.2) is 0 Å². The molecule has 2 aromatic rings. The molecule has 0 spiro atoms. The Bertz CT molecular complexity index is 579. The maximum Gasteiger partial charge on any atom is 0.418 e. The Morgan fingerprint density at radius 1 is 0.947 bits per heavy atom. The zero-order valence-corrected chi connectivity index (χ0v) is 11.8. The number of nitrogen functional groups attached to an aromatic ring is 1. The minimum atomic E-state index is -4.45. The van der Waals surface area contributed by atoms with Gasteiger partial charge in [-0.1, -0.05) is 0 Å². The van der Waals surface area contributed by atoms with Gasteiger partial charge in [-0.05, 0) is 65.1 Å². The van der Waals surface area contributed by atoms with Gasteiger partial charge in [-0.3, -0.25) is 0 Å². The Morgan fingerprint density at radius 3 is 2.11 bits per heavy atom. The third-order valence-electron chi connectivity index (χ3n) is 2.49. The van der Waals surface area contributed by atoms with Crippen molar-refractivity contribution >= 4 is 39.7 Å². The molecule has 6 heteroatoms. The summed E-state index contributed by atoms with van der Waals surface area (Å²) in [5, 5.41) is 2.91. The van der Waals surface area contributed by atoms with Crippen molar-refractivity contribution in [3.05, 3.63) is 51.6 Å². The first-order valence-electron chi connectivity index (χ1n) is 5.35. The Labute approximate surface area is 122 Å². The number of anilines is 3. The Balaban J connectivity index is 2.29. The summed E-state index contributed by atoms with van der Waals surface area (Å²) in [7, 11) is 0. The Kier molecular flexibility index (Phi) is 3.88. The number of hydrogen-bond acceptors (Lipinski definition) is 2. The van der Waals surface area contributed by atoms with Crippen molar-refractivity contribution in [1.29, 1.82) is 0 Å². The van der Waals surface area contributed by atoms with Crippen LogP contribution in [0, 0.1) is 3.57 Å². The summed E-state index contributed by atoms with van der Waals surface area (Å²) in [6.45, 7) is 0. The SMILES string of the molecule is Nc1ccc(Nc2ccc(I)cc2)cc1C(F)(F)F. The molecule has 2 nitrogen and oxygen atoms in total. The molecular formula is C13H10F3IN2. The minimum Gasteiger partial charge on any atom is -0.398 e. The van der Waals surface area contributed by atoms with Crippen LogP contribution in [0.1, 0.15) is 5.56 Å². The van der Waals surface area contributed by atoms with Gasteiger partial charge in [0.05, 0.1) is 5.56 Å². The summed E-state index contributed by atoms with van der Waals surface area (Å²) in [4.78, 5) is 0. The van der Waals surface area contributed by atoms with Crippen LogP contribution in [-0.4, -0.2) is 0 Å². The summed E-state index contributed by atoms with van der Waals surface area (Å²) in [6, 6.07) is 11.1. The van der Waals surface area contributed by atoms with E-state index in [0.717, 1.165) is 15.3 Å². The number of benzene rings is 2. The smallest absolute Gasteiger partial charge is 0.398 e. The van der Waals surface area contributed by atoms with E-state index < -0.39 is 11.7 Å². The van der Waals surface area contributed by atoms with Crippen molar-refractivity contribution in [1.82, 2.24) is 0 Å². The first-order chi connectivity index (χ1) is 8.86. The van der Waals surface area contributed by atoms with Crippen molar-refractivity contribution in [2.75, 3.05) is 11.1 Å². The van der Waals surface area contributed by atoms with Gasteiger partial charge in [0.25, 0.3) is 0 Å². The highest BCUT2D eigenvalue weighted by molar-refractivity contribution is 14.1. The van der Waals surface area contributed by atoms with Crippen LogP contribution in [0.25, 0.3) is 0 Å². The molecule has 3 N–H and O–H groups in total. The first kappa shape index (κ1) is 14.0. The van der Waals surface area contributed by atoms with Gasteiger partial charge in [-0.15, -0.1) is 0 Å². The quantitative estimate of drug-likeness (QED) is 0.591. The van der Waals surface area contributed by atoms with Crippen LogP contribution in [0.3, 0.4) is 0 Å². The number of nitrogens with one attached hydrogen (secondary N) is 1. The van der Waals surface area contributed by atoms with E-state index in [1.807, 2.05) is 12.1 Å². The summed E-state index contributed by atoms with van der Waals surface area (Å²) >= 11 is 2.15. The molecule has 0 bridgehead atoms. The molecule has 0 fully saturated rings. The van der Waals surface area contributed by atoms with E-state index in [0.29, 0.717) is 5.69 Å². The number of hydrogen-bond donors (Lipinski definition) is 2. The first-order valence-corrected chi connectivity index (χ1v) is 6.43. The van der Waals surface area contributed by atoms with E-state index in [4.69, 9.17) is 5.73 Å². The molecule has 0 saturated heterocycles. The molecule has 0 saturated carbocycles. The second-order valence-corrected chi connectivity index (χ2v) is 5.18. The molecule has 0 atom stereocenters. The lowest BCUT2D eigenvalue weighted by molar-refractivity contribution is -0.136. The summed E-state index contributed by atoms with van der Waals surface area (Å²) in [6.07, 6.45) is -4.45. The predicted octanol–water partition coefficient (Wildman–Crippen LogP) is 4.64. The molecule has 0 heterocycles. The fourth-order valence-corrected chi connectivity index (χ4v) is 1.94. The van der Waals surface area contributed by atoms with Crippen LogP contribution in [-0.2, 0) is 6.18 Å². The van der Waals surface area contributed by atoms with Crippen molar-refractivity contribution in [3.63, 3.8) is 0 Å². The van der Waals surface area contributed by atoms with Gasteiger partial charge in [0.2, 0.25) is 0 Å². The molecule has 0 aromatic heterocycles. The van der Waals surface area contributed by atoms with Gasteiger partial charge in [0.15, 0.2) is 0 Å². The monoisotopic (exact) mass is 378 g/mol. The zero-order chi connectivity index (χ0) is 14.0. The number of rotatable bonds is 2. The van der Waals surface area contributed by atoms with Gasteiger partial charge in [0.1, 0.15) is 0 Å². The molecule has 2 rings (SSSR count). The van der Waals surface area contributed by atoms with Crippen molar-refractivity contribution in [2.24, 2.45) is 0 Å². The summed E-state index contributed by atoms with van der Waals surface area (Å²) in [5.74, 6) is 0. The standard InChI is InChI=1S/C13H10F3IN2/c14-13(15,16)11-7-10(5-6-12(11)18)19-9-3-1-8(17)2-4-9/h1-7,19H,18H2. The largest absolute Gasteiger partial charge is 0.418 e. The zero-order valence-electron chi connectivity index (χ0n) is 9.63. The van der Waals surface area contributed by atoms with Crippen LogP contribution in [0.4, 0.5) is 30.2 Å². The van der Waals surface area contributed by atoms with E-state index >= 15 is 0 Å². The normalized spacial score (nSPS) is 11.4. The second-order valence-electron chi connectivity index (χ2n) is 3.93. The predicted molar refractivity (Wildman–Crippen MR) is 78.3 cm³/mol. The molecule has 100 valence electrons. The highest BCUT2D eigenvalue weighted by Crippen LogP contribution is 2.35. The molecule has 2 aromatic carbocycles. The van der Waals surface area contributed by atoms with E-state index in [2.05, 4.69) is 27.9 Å². The van der Waals surface area contributed by atoms with E-state index in [-0.39, 0.29) is 5.69 Å². The fraction of sp³-hybridized carbons (Fsp3) is 0.0769. The van der Waals surface area contributed by atoms with Gasteiger partial charge >= 0.3 is 6.18 Å². The minimum absolute atomic E-state index is 0.277. The summed E-state index contributed by atoms with van der Waals surface area (Å²) in [5.41, 5.74) is 5.30. The van der Waals surface area contributed by atoms with Crippen LogP contribution in [0.2, 0.25) is 0 Å². The second kappa shape index (κ2) is 5.28. The third kappa shape index (κ3) is 3.52. The van der Waals surface area contributed by atoms with Crippen LogP contribution in [0.15, 0.2) is 42.5 Å². The highest BCUT2D eigenvalue weighted by atomic mass is 127. The maximum absolute atomic E-state index is 12.7. The average molecular weight is 378 g/mol. The highest BCUT2D eigenvalue weighted by Gasteiger charge is 2.33. The molecule has 0 aliphatic carbocycles. The maximum atomic E-state index is 12.7. The third-order valence-corrected chi connectivity index (χ3v) is 3.21. The lowest BCUT2D eigenvalue weighted by Gasteiger charge is -2.13. The molecule has 0 unspecified atom stereocenters. The Morgan fingerprint density at radius 2 is 1.53 bits per heavy atom. The molecular weight excluding hydrogens is 368 g/mol. The van der Waals surface area contributed by atoms with Crippen LogP contribution in [0.5, 0.6) is 0 Å². The van der Waals surface area contributed by atoms with Gasteiger partial charge < -0.3 is 11.1 Å². The average Bonchev–Trinajstić information content (AvgIpc) is 2.33. The fourth-order valence-electron chi connectivity index (χ4n) is 1.58. The molecule has 0 aliphatic heterocycles. The molecule has 0 amide bonds. The number of halogens is 4. The molecule has 0 aliphatic rings. The van der Waals surface area contributed by atoms with Crippen molar-refractivity contribution < 1.29 is 13.2 Å². The van der Waals surface area contributed by atoms with Crippen molar-refractivity contribution in [3.8, 4) is 0 Å². The van der Waals surface area contributed by atoms with Gasteiger partial charge in [0, 0.05) is 20.6 Å². The summed E-state index contributed by atoms with van der Waals surface area (Å²) < 4.78 is 39.2. The van der Waals surface area contributed by atoms with E-state index in [9.17, 15) is 13.2 Å². The number of alkyl halides is 3. The van der Waals surface area contributed by atoms with E-state index in [1.165, 1.54) is 12.1 Å². The Hall–Kier alpha value is -1.44. The van der Waals surface area contributed by atoms with Crippen LogP contribution < -0.4 is 11.1 Å². The van der Waals surface area contributed by atoms with Gasteiger partial charge in [-0.2, -0.15) is 13.2 Å².